The first-order valence-electron chi connectivity index (χ1n) is 8.16. The average molecular weight is 270 g/mol. The zero-order chi connectivity index (χ0) is 13.9. The quantitative estimate of drug-likeness (QED) is 0.825. The molecule has 4 atom stereocenters. The van der Waals surface area contributed by atoms with E-state index in [1.54, 1.807) is 0 Å². The Morgan fingerprint density at radius 2 is 1.70 bits per heavy atom. The van der Waals surface area contributed by atoms with Gasteiger partial charge < -0.3 is 11.1 Å². The van der Waals surface area contributed by atoms with Crippen molar-refractivity contribution in [3.63, 3.8) is 0 Å². The van der Waals surface area contributed by atoms with Gasteiger partial charge >= 0.3 is 0 Å². The molecule has 2 heteroatoms. The van der Waals surface area contributed by atoms with Gasteiger partial charge in [0.25, 0.3) is 0 Å². The Labute approximate surface area is 122 Å². The van der Waals surface area contributed by atoms with E-state index in [1.807, 2.05) is 12.1 Å². The highest BCUT2D eigenvalue weighted by Gasteiger charge is 2.64. The maximum atomic E-state index is 5.79. The number of nitrogens with two attached hydrogens (primary N) is 1. The van der Waals surface area contributed by atoms with Gasteiger partial charge in [0.05, 0.1) is 0 Å². The van der Waals surface area contributed by atoms with Crippen molar-refractivity contribution < 1.29 is 0 Å². The van der Waals surface area contributed by atoms with E-state index in [2.05, 4.69) is 31.3 Å². The fourth-order valence-corrected chi connectivity index (χ4v) is 5.01. The predicted molar refractivity (Wildman–Crippen MR) is 83.5 cm³/mol. The Bertz CT molecular complexity index is 489. The summed E-state index contributed by atoms with van der Waals surface area (Å²) in [5.74, 6) is 4.16. The number of rotatable bonds is 4. The molecule has 1 aromatic rings. The molecule has 20 heavy (non-hydrogen) atoms. The molecule has 4 rings (SSSR count). The van der Waals surface area contributed by atoms with E-state index in [1.165, 1.54) is 24.8 Å². The molecule has 3 N–H and O–H groups in total. The molecular formula is C18H26N2. The van der Waals surface area contributed by atoms with Gasteiger partial charge in [-0.1, -0.05) is 26.0 Å². The summed E-state index contributed by atoms with van der Waals surface area (Å²) >= 11 is 0. The first-order chi connectivity index (χ1) is 9.56. The van der Waals surface area contributed by atoms with Crippen molar-refractivity contribution in [2.24, 2.45) is 23.7 Å². The van der Waals surface area contributed by atoms with Crippen LogP contribution >= 0.6 is 0 Å². The third kappa shape index (κ3) is 1.88. The first kappa shape index (κ1) is 12.7. The summed E-state index contributed by atoms with van der Waals surface area (Å²) in [7, 11) is 0. The van der Waals surface area contributed by atoms with Crippen LogP contribution in [-0.4, -0.2) is 12.6 Å². The van der Waals surface area contributed by atoms with Crippen LogP contribution in [0.4, 0.5) is 5.69 Å². The molecule has 3 aliphatic carbocycles. The van der Waals surface area contributed by atoms with Crippen molar-refractivity contribution in [3.05, 3.63) is 29.8 Å². The second kappa shape index (κ2) is 4.24. The molecular weight excluding hydrogens is 244 g/mol. The lowest BCUT2D eigenvalue weighted by molar-refractivity contribution is 0.410. The molecule has 2 bridgehead atoms. The zero-order valence-electron chi connectivity index (χ0n) is 12.6. The molecule has 0 amide bonds. The summed E-state index contributed by atoms with van der Waals surface area (Å²) in [4.78, 5) is 0. The molecule has 0 aliphatic heterocycles. The number of benzene rings is 1. The smallest absolute Gasteiger partial charge is 0.0314 e. The lowest BCUT2D eigenvalue weighted by Crippen LogP contribution is -2.36. The Morgan fingerprint density at radius 3 is 2.30 bits per heavy atom. The van der Waals surface area contributed by atoms with Gasteiger partial charge in [-0.05, 0) is 60.6 Å². The summed E-state index contributed by atoms with van der Waals surface area (Å²) in [6.07, 6.45) is 4.55. The lowest BCUT2D eigenvalue weighted by atomic mass is 9.84. The average Bonchev–Trinajstić information content (AvgIpc) is 2.81. The standard InChI is InChI=1S/C18H26N2/c1-18(2,13-5-7-14(19)8-6-13)10-20-17-15-11-3-4-12(9-11)16(15)17/h5-8,11-12,15-17,20H,3-4,9-10,19H2,1-2H3. The van der Waals surface area contributed by atoms with Gasteiger partial charge in [0.1, 0.15) is 0 Å². The normalized spacial score (nSPS) is 38.0. The van der Waals surface area contributed by atoms with Crippen LogP contribution in [-0.2, 0) is 5.41 Å². The number of nitrogens with one attached hydrogen (secondary N) is 1. The fraction of sp³-hybridized carbons (Fsp3) is 0.667. The second-order valence-corrected chi connectivity index (χ2v) is 7.90. The highest BCUT2D eigenvalue weighted by Crippen LogP contribution is 2.65. The summed E-state index contributed by atoms with van der Waals surface area (Å²) < 4.78 is 0. The predicted octanol–water partition coefficient (Wildman–Crippen LogP) is 3.18. The van der Waals surface area contributed by atoms with Crippen LogP contribution in [0.15, 0.2) is 24.3 Å². The molecule has 2 nitrogen and oxygen atoms in total. The highest BCUT2D eigenvalue weighted by atomic mass is 15.0. The van der Waals surface area contributed by atoms with E-state index >= 15 is 0 Å². The number of hydrogen-bond acceptors (Lipinski definition) is 2. The maximum absolute atomic E-state index is 5.79. The molecule has 0 radical (unpaired) electrons. The van der Waals surface area contributed by atoms with Crippen molar-refractivity contribution in [1.82, 2.24) is 5.32 Å². The van der Waals surface area contributed by atoms with Gasteiger partial charge in [-0.15, -0.1) is 0 Å². The molecule has 4 unspecified atom stereocenters. The van der Waals surface area contributed by atoms with Gasteiger partial charge in [-0.25, -0.2) is 0 Å². The molecule has 0 spiro atoms. The summed E-state index contributed by atoms with van der Waals surface area (Å²) in [5.41, 5.74) is 8.21. The van der Waals surface area contributed by atoms with E-state index < -0.39 is 0 Å². The van der Waals surface area contributed by atoms with Crippen molar-refractivity contribution in [2.75, 3.05) is 12.3 Å². The maximum Gasteiger partial charge on any atom is 0.0314 e. The number of fused-ring (bicyclic) bond motifs is 5. The zero-order valence-corrected chi connectivity index (χ0v) is 12.6. The van der Waals surface area contributed by atoms with Gasteiger partial charge in [-0.2, -0.15) is 0 Å². The molecule has 0 heterocycles. The Hall–Kier alpha value is -1.02. The van der Waals surface area contributed by atoms with Crippen LogP contribution in [0.25, 0.3) is 0 Å². The van der Waals surface area contributed by atoms with Crippen LogP contribution in [0.3, 0.4) is 0 Å². The molecule has 0 aromatic heterocycles. The van der Waals surface area contributed by atoms with E-state index in [0.29, 0.717) is 0 Å². The van der Waals surface area contributed by atoms with Crippen LogP contribution in [0.2, 0.25) is 0 Å². The van der Waals surface area contributed by atoms with E-state index in [-0.39, 0.29) is 5.41 Å². The minimum atomic E-state index is 0.184. The highest BCUT2D eigenvalue weighted by molar-refractivity contribution is 5.41. The van der Waals surface area contributed by atoms with Crippen LogP contribution in [0.1, 0.15) is 38.7 Å². The summed E-state index contributed by atoms with van der Waals surface area (Å²) in [5, 5.41) is 3.88. The van der Waals surface area contributed by atoms with Gasteiger partial charge in [-0.3, -0.25) is 0 Å². The van der Waals surface area contributed by atoms with Crippen molar-refractivity contribution >= 4 is 5.69 Å². The molecule has 0 saturated heterocycles. The Balaban J connectivity index is 1.39. The summed E-state index contributed by atoms with van der Waals surface area (Å²) in [6, 6.07) is 9.21. The number of nitrogen functional groups attached to an aromatic ring is 1. The topological polar surface area (TPSA) is 38.0 Å². The largest absolute Gasteiger partial charge is 0.399 e. The third-order valence-corrected chi connectivity index (χ3v) is 6.21. The number of hydrogen-bond donors (Lipinski definition) is 2. The molecule has 1 aromatic carbocycles. The molecule has 3 aliphatic rings. The Morgan fingerprint density at radius 1 is 1.10 bits per heavy atom. The Kier molecular flexibility index (Phi) is 2.69. The number of anilines is 1. The van der Waals surface area contributed by atoms with Gasteiger partial charge in [0.15, 0.2) is 0 Å². The van der Waals surface area contributed by atoms with Crippen LogP contribution in [0.5, 0.6) is 0 Å². The SMILES string of the molecule is CC(C)(CNC1C2C3CCC(C3)C12)c1ccc(N)cc1. The van der Waals surface area contributed by atoms with E-state index in [4.69, 9.17) is 5.73 Å². The summed E-state index contributed by atoms with van der Waals surface area (Å²) in [6.45, 7) is 5.74. The molecule has 3 fully saturated rings. The lowest BCUT2D eigenvalue weighted by Gasteiger charge is -2.27. The van der Waals surface area contributed by atoms with Crippen LogP contribution in [0, 0.1) is 23.7 Å². The third-order valence-electron chi connectivity index (χ3n) is 6.21. The van der Waals surface area contributed by atoms with E-state index in [0.717, 1.165) is 41.9 Å². The van der Waals surface area contributed by atoms with Gasteiger partial charge in [0, 0.05) is 23.7 Å². The monoisotopic (exact) mass is 270 g/mol. The minimum Gasteiger partial charge on any atom is -0.399 e. The van der Waals surface area contributed by atoms with E-state index in [9.17, 15) is 0 Å². The first-order valence-corrected chi connectivity index (χ1v) is 8.16. The van der Waals surface area contributed by atoms with Crippen molar-refractivity contribution in [2.45, 2.75) is 44.6 Å². The molecule has 3 saturated carbocycles. The van der Waals surface area contributed by atoms with Gasteiger partial charge in [0.2, 0.25) is 0 Å². The minimum absolute atomic E-state index is 0.184. The molecule has 108 valence electrons. The van der Waals surface area contributed by atoms with Crippen molar-refractivity contribution in [3.8, 4) is 0 Å². The fourth-order valence-electron chi connectivity index (χ4n) is 5.01. The second-order valence-electron chi connectivity index (χ2n) is 7.90. The van der Waals surface area contributed by atoms with Crippen LogP contribution < -0.4 is 11.1 Å². The van der Waals surface area contributed by atoms with Crippen molar-refractivity contribution in [1.29, 1.82) is 0 Å².